The van der Waals surface area contributed by atoms with Crippen molar-refractivity contribution >= 4 is 22.6 Å². The summed E-state index contributed by atoms with van der Waals surface area (Å²) in [5, 5.41) is 9.68. The maximum absolute atomic E-state index is 9.68. The number of hydrogen-bond acceptors (Lipinski definition) is 1. The number of halogens is 1. The third-order valence-electron chi connectivity index (χ3n) is 1.80. The highest BCUT2D eigenvalue weighted by molar-refractivity contribution is 14.1. The zero-order chi connectivity index (χ0) is 9.68. The van der Waals surface area contributed by atoms with E-state index in [1.165, 1.54) is 0 Å². The lowest BCUT2D eigenvalue weighted by atomic mass is 10.1. The second-order valence-electron chi connectivity index (χ2n) is 2.81. The standard InChI is InChI=1S/C11H11IO/c1-2-3-7-11(13)9-5-4-6-10(12)8-9/h1,4-6,8,11,13H,3,7H2. The Labute approximate surface area is 92.3 Å². The van der Waals surface area contributed by atoms with Gasteiger partial charge in [-0.05, 0) is 46.7 Å². The molecule has 0 fully saturated rings. The van der Waals surface area contributed by atoms with Gasteiger partial charge in [-0.15, -0.1) is 12.3 Å². The molecule has 0 saturated heterocycles. The summed E-state index contributed by atoms with van der Waals surface area (Å²) in [4.78, 5) is 0. The topological polar surface area (TPSA) is 20.2 Å². The first-order valence-corrected chi connectivity index (χ1v) is 5.19. The molecule has 0 bridgehead atoms. The van der Waals surface area contributed by atoms with Crippen LogP contribution in [0.5, 0.6) is 0 Å². The summed E-state index contributed by atoms with van der Waals surface area (Å²) >= 11 is 2.23. The molecule has 1 nitrogen and oxygen atoms in total. The number of benzene rings is 1. The van der Waals surface area contributed by atoms with Crippen LogP contribution in [0, 0.1) is 15.9 Å². The monoisotopic (exact) mass is 286 g/mol. The van der Waals surface area contributed by atoms with Gasteiger partial charge in [-0.25, -0.2) is 0 Å². The van der Waals surface area contributed by atoms with Crippen LogP contribution in [-0.4, -0.2) is 5.11 Å². The minimum Gasteiger partial charge on any atom is -0.388 e. The molecular weight excluding hydrogens is 275 g/mol. The zero-order valence-corrected chi connectivity index (χ0v) is 9.36. The number of rotatable bonds is 3. The predicted molar refractivity (Wildman–Crippen MR) is 62.2 cm³/mol. The van der Waals surface area contributed by atoms with Crippen LogP contribution in [0.15, 0.2) is 24.3 Å². The second kappa shape index (κ2) is 5.25. The third kappa shape index (κ3) is 3.37. The van der Waals surface area contributed by atoms with Crippen molar-refractivity contribution in [3.8, 4) is 12.3 Å². The Morgan fingerprint density at radius 2 is 2.31 bits per heavy atom. The van der Waals surface area contributed by atoms with Crippen molar-refractivity contribution in [1.82, 2.24) is 0 Å². The van der Waals surface area contributed by atoms with Gasteiger partial charge in [-0.1, -0.05) is 12.1 Å². The molecule has 1 N–H and O–H groups in total. The first-order valence-electron chi connectivity index (χ1n) is 4.11. The molecule has 0 saturated carbocycles. The highest BCUT2D eigenvalue weighted by Crippen LogP contribution is 2.19. The molecule has 68 valence electrons. The quantitative estimate of drug-likeness (QED) is 0.669. The highest BCUT2D eigenvalue weighted by Gasteiger charge is 2.05. The van der Waals surface area contributed by atoms with Crippen LogP contribution in [-0.2, 0) is 0 Å². The fourth-order valence-electron chi connectivity index (χ4n) is 1.10. The summed E-state index contributed by atoms with van der Waals surface area (Å²) in [7, 11) is 0. The van der Waals surface area contributed by atoms with E-state index in [-0.39, 0.29) is 0 Å². The molecule has 0 aliphatic carbocycles. The van der Waals surface area contributed by atoms with Gasteiger partial charge in [0.2, 0.25) is 0 Å². The summed E-state index contributed by atoms with van der Waals surface area (Å²) in [6.45, 7) is 0. The van der Waals surface area contributed by atoms with Crippen LogP contribution in [0.4, 0.5) is 0 Å². The molecule has 1 aromatic carbocycles. The van der Waals surface area contributed by atoms with Gasteiger partial charge in [0.1, 0.15) is 0 Å². The van der Waals surface area contributed by atoms with Crippen molar-refractivity contribution in [2.75, 3.05) is 0 Å². The van der Waals surface area contributed by atoms with E-state index < -0.39 is 6.10 Å². The molecular formula is C11H11IO. The number of aliphatic hydroxyl groups is 1. The van der Waals surface area contributed by atoms with Gasteiger partial charge >= 0.3 is 0 Å². The maximum Gasteiger partial charge on any atom is 0.0799 e. The van der Waals surface area contributed by atoms with Crippen molar-refractivity contribution in [2.45, 2.75) is 18.9 Å². The van der Waals surface area contributed by atoms with Crippen LogP contribution < -0.4 is 0 Å². The maximum atomic E-state index is 9.68. The van der Waals surface area contributed by atoms with E-state index in [9.17, 15) is 5.11 Å². The molecule has 0 amide bonds. The second-order valence-corrected chi connectivity index (χ2v) is 4.06. The van der Waals surface area contributed by atoms with E-state index in [1.54, 1.807) is 0 Å². The van der Waals surface area contributed by atoms with E-state index in [0.29, 0.717) is 12.8 Å². The summed E-state index contributed by atoms with van der Waals surface area (Å²) in [6, 6.07) is 7.83. The largest absolute Gasteiger partial charge is 0.388 e. The number of aliphatic hydroxyl groups excluding tert-OH is 1. The summed E-state index contributed by atoms with van der Waals surface area (Å²) < 4.78 is 1.13. The molecule has 0 aromatic heterocycles. The van der Waals surface area contributed by atoms with Gasteiger partial charge in [-0.2, -0.15) is 0 Å². The predicted octanol–water partition coefficient (Wildman–Crippen LogP) is 2.74. The average molecular weight is 286 g/mol. The van der Waals surface area contributed by atoms with Gasteiger partial charge in [0.25, 0.3) is 0 Å². The average Bonchev–Trinajstić information content (AvgIpc) is 2.14. The molecule has 0 radical (unpaired) electrons. The molecule has 0 spiro atoms. The SMILES string of the molecule is C#CCCC(O)c1cccc(I)c1. The lowest BCUT2D eigenvalue weighted by Crippen LogP contribution is -1.96. The van der Waals surface area contributed by atoms with E-state index in [0.717, 1.165) is 9.13 Å². The van der Waals surface area contributed by atoms with Crippen LogP contribution in [0.25, 0.3) is 0 Å². The number of hydrogen-bond donors (Lipinski definition) is 1. The number of terminal acetylenes is 1. The van der Waals surface area contributed by atoms with Gasteiger partial charge in [-0.3, -0.25) is 0 Å². The summed E-state index contributed by atoms with van der Waals surface area (Å²) in [5.74, 6) is 2.52. The van der Waals surface area contributed by atoms with Gasteiger partial charge in [0, 0.05) is 9.99 Å². The van der Waals surface area contributed by atoms with E-state index in [2.05, 4.69) is 28.5 Å². The summed E-state index contributed by atoms with van der Waals surface area (Å²) in [5.41, 5.74) is 0.946. The first-order chi connectivity index (χ1) is 6.24. The van der Waals surface area contributed by atoms with Gasteiger partial charge in [0.05, 0.1) is 6.10 Å². The first kappa shape index (κ1) is 10.6. The lowest BCUT2D eigenvalue weighted by Gasteiger charge is -2.08. The zero-order valence-electron chi connectivity index (χ0n) is 7.20. The molecule has 1 aromatic rings. The highest BCUT2D eigenvalue weighted by atomic mass is 127. The Kier molecular flexibility index (Phi) is 4.26. The summed E-state index contributed by atoms with van der Waals surface area (Å²) in [6.07, 6.45) is 5.95. The molecule has 1 unspecified atom stereocenters. The molecule has 0 aliphatic heterocycles. The van der Waals surface area contributed by atoms with Gasteiger partial charge < -0.3 is 5.11 Å². The minimum absolute atomic E-state index is 0.425. The molecule has 2 heteroatoms. The molecule has 1 atom stereocenters. The Balaban J connectivity index is 2.66. The Hall–Kier alpha value is -0.530. The van der Waals surface area contributed by atoms with E-state index >= 15 is 0 Å². The van der Waals surface area contributed by atoms with Crippen LogP contribution in [0.2, 0.25) is 0 Å². The van der Waals surface area contributed by atoms with E-state index in [4.69, 9.17) is 6.42 Å². The smallest absolute Gasteiger partial charge is 0.0799 e. The third-order valence-corrected chi connectivity index (χ3v) is 2.47. The normalized spacial score (nSPS) is 12.1. The van der Waals surface area contributed by atoms with Crippen LogP contribution in [0.3, 0.4) is 0 Å². The van der Waals surface area contributed by atoms with E-state index in [1.807, 2.05) is 24.3 Å². The molecule has 13 heavy (non-hydrogen) atoms. The fourth-order valence-corrected chi connectivity index (χ4v) is 1.67. The van der Waals surface area contributed by atoms with Crippen LogP contribution >= 0.6 is 22.6 Å². The lowest BCUT2D eigenvalue weighted by molar-refractivity contribution is 0.169. The molecule has 0 aliphatic rings. The van der Waals surface area contributed by atoms with Gasteiger partial charge in [0.15, 0.2) is 0 Å². The van der Waals surface area contributed by atoms with Crippen molar-refractivity contribution in [1.29, 1.82) is 0 Å². The molecule has 0 heterocycles. The Morgan fingerprint density at radius 1 is 1.54 bits per heavy atom. The van der Waals surface area contributed by atoms with Crippen molar-refractivity contribution in [3.63, 3.8) is 0 Å². The van der Waals surface area contributed by atoms with Crippen LogP contribution in [0.1, 0.15) is 24.5 Å². The van der Waals surface area contributed by atoms with Crippen molar-refractivity contribution < 1.29 is 5.11 Å². The fraction of sp³-hybridized carbons (Fsp3) is 0.273. The molecule has 1 rings (SSSR count). The Morgan fingerprint density at radius 3 is 2.92 bits per heavy atom. The minimum atomic E-state index is -0.425. The van der Waals surface area contributed by atoms with Crippen molar-refractivity contribution in [2.24, 2.45) is 0 Å². The Bertz CT molecular complexity index is 314. The van der Waals surface area contributed by atoms with Crippen molar-refractivity contribution in [3.05, 3.63) is 33.4 Å².